The zero-order valence-corrected chi connectivity index (χ0v) is 13.4. The summed E-state index contributed by atoms with van der Waals surface area (Å²) in [7, 11) is 0. The number of nitro groups is 2. The first-order chi connectivity index (χ1) is 11.3. The van der Waals surface area contributed by atoms with Crippen molar-refractivity contribution in [2.75, 3.05) is 5.32 Å². The molecule has 0 fully saturated rings. The highest BCUT2D eigenvalue weighted by Gasteiger charge is 2.21. The van der Waals surface area contributed by atoms with E-state index in [-0.39, 0.29) is 12.0 Å². The Morgan fingerprint density at radius 1 is 1.00 bits per heavy atom. The molecule has 2 rings (SSSR count). The van der Waals surface area contributed by atoms with Crippen molar-refractivity contribution in [3.05, 3.63) is 72.2 Å². The van der Waals surface area contributed by atoms with Gasteiger partial charge >= 0.3 is 0 Å². The van der Waals surface area contributed by atoms with Gasteiger partial charge in [0.1, 0.15) is 0 Å². The van der Waals surface area contributed by atoms with Gasteiger partial charge in [-0.15, -0.1) is 0 Å². The minimum atomic E-state index is -0.772. The van der Waals surface area contributed by atoms with Crippen molar-refractivity contribution < 1.29 is 14.6 Å². The number of rotatable bonds is 5. The van der Waals surface area contributed by atoms with Crippen LogP contribution in [0.5, 0.6) is 0 Å². The van der Waals surface area contributed by atoms with Crippen LogP contribution in [0.2, 0.25) is 10.0 Å². The van der Waals surface area contributed by atoms with Gasteiger partial charge in [-0.3, -0.25) is 25.0 Å². The average molecular weight is 370 g/mol. The Bertz CT molecular complexity index is 821. The molecule has 10 heteroatoms. The Labute approximate surface area is 145 Å². The highest BCUT2D eigenvalue weighted by molar-refractivity contribution is 6.35. The molecule has 0 aliphatic carbocycles. The van der Waals surface area contributed by atoms with E-state index in [1.165, 1.54) is 24.3 Å². The van der Waals surface area contributed by atoms with E-state index in [4.69, 9.17) is 23.2 Å². The molecule has 2 aromatic carbocycles. The molecule has 0 aromatic heterocycles. The molecule has 124 valence electrons. The van der Waals surface area contributed by atoms with E-state index in [1.807, 2.05) is 0 Å². The van der Waals surface area contributed by atoms with Gasteiger partial charge in [0.25, 0.3) is 11.4 Å². The van der Waals surface area contributed by atoms with Crippen LogP contribution in [0.3, 0.4) is 0 Å². The van der Waals surface area contributed by atoms with Crippen LogP contribution in [-0.2, 0) is 11.2 Å². The van der Waals surface area contributed by atoms with Crippen LogP contribution in [0.15, 0.2) is 36.4 Å². The molecule has 0 unspecified atom stereocenters. The maximum atomic E-state index is 12.0. The molecule has 2 aromatic rings. The standard InChI is InChI=1S/C14H9Cl2N3O5/c15-9-4-10(16)6-11(5-9)17-14(20)3-8-1-2-12(18(21)22)7-13(8)19(23)24/h1-2,4-7H,3H2,(H,17,20). The maximum Gasteiger partial charge on any atom is 0.279 e. The van der Waals surface area contributed by atoms with Crippen molar-refractivity contribution in [1.82, 2.24) is 0 Å². The number of nitrogens with zero attached hydrogens (tertiary/aromatic N) is 2. The van der Waals surface area contributed by atoms with Gasteiger partial charge in [0.05, 0.1) is 22.3 Å². The molecule has 1 amide bonds. The molecule has 0 aliphatic heterocycles. The van der Waals surface area contributed by atoms with E-state index in [0.29, 0.717) is 15.7 Å². The van der Waals surface area contributed by atoms with Crippen molar-refractivity contribution >= 4 is 46.2 Å². The summed E-state index contributed by atoms with van der Waals surface area (Å²) < 4.78 is 0. The van der Waals surface area contributed by atoms with Crippen LogP contribution in [0, 0.1) is 20.2 Å². The van der Waals surface area contributed by atoms with Gasteiger partial charge in [0.15, 0.2) is 0 Å². The van der Waals surface area contributed by atoms with Crippen LogP contribution in [0.25, 0.3) is 0 Å². The molecule has 0 heterocycles. The normalized spacial score (nSPS) is 10.2. The topological polar surface area (TPSA) is 115 Å². The Morgan fingerprint density at radius 3 is 2.17 bits per heavy atom. The molecule has 0 radical (unpaired) electrons. The van der Waals surface area contributed by atoms with Crippen molar-refractivity contribution in [2.24, 2.45) is 0 Å². The van der Waals surface area contributed by atoms with Crippen LogP contribution in [0.4, 0.5) is 17.1 Å². The summed E-state index contributed by atoms with van der Waals surface area (Å²) in [5, 5.41) is 24.9. The quantitative estimate of drug-likeness (QED) is 0.631. The first kappa shape index (κ1) is 17.6. The second-order valence-electron chi connectivity index (χ2n) is 4.71. The number of non-ortho nitro benzene ring substituents is 1. The smallest absolute Gasteiger partial charge is 0.279 e. The molecule has 0 saturated carbocycles. The van der Waals surface area contributed by atoms with Gasteiger partial charge in [-0.2, -0.15) is 0 Å². The summed E-state index contributed by atoms with van der Waals surface area (Å²) in [6, 6.07) is 7.52. The predicted octanol–water partition coefficient (Wildman–Crippen LogP) is 3.99. The van der Waals surface area contributed by atoms with Gasteiger partial charge < -0.3 is 5.32 Å². The lowest BCUT2D eigenvalue weighted by atomic mass is 10.1. The van der Waals surface area contributed by atoms with Crippen molar-refractivity contribution in [1.29, 1.82) is 0 Å². The lowest BCUT2D eigenvalue weighted by molar-refractivity contribution is -0.394. The number of nitrogens with one attached hydrogen (secondary N) is 1. The van der Waals surface area contributed by atoms with E-state index in [2.05, 4.69) is 5.32 Å². The molecule has 0 saturated heterocycles. The fourth-order valence-corrected chi connectivity index (χ4v) is 2.52. The molecule has 8 nitrogen and oxygen atoms in total. The number of carbonyl (C=O) groups is 1. The van der Waals surface area contributed by atoms with Crippen LogP contribution in [0.1, 0.15) is 5.56 Å². The third kappa shape index (κ3) is 4.40. The van der Waals surface area contributed by atoms with E-state index in [9.17, 15) is 25.0 Å². The molecular weight excluding hydrogens is 361 g/mol. The SMILES string of the molecule is O=C(Cc1ccc([N+](=O)[O-])cc1[N+](=O)[O-])Nc1cc(Cl)cc(Cl)c1. The Kier molecular flexibility index (Phi) is 5.32. The zero-order chi connectivity index (χ0) is 17.9. The third-order valence-corrected chi connectivity index (χ3v) is 3.41. The Hall–Kier alpha value is -2.71. The average Bonchev–Trinajstić information content (AvgIpc) is 2.45. The zero-order valence-electron chi connectivity index (χ0n) is 11.9. The second kappa shape index (κ2) is 7.24. The lowest BCUT2D eigenvalue weighted by Crippen LogP contribution is -2.15. The van der Waals surface area contributed by atoms with E-state index in [1.54, 1.807) is 0 Å². The monoisotopic (exact) mass is 369 g/mol. The number of hydrogen-bond acceptors (Lipinski definition) is 5. The molecule has 0 bridgehead atoms. The van der Waals surface area contributed by atoms with Gasteiger partial charge in [-0.05, 0) is 24.3 Å². The van der Waals surface area contributed by atoms with Gasteiger partial charge in [0.2, 0.25) is 5.91 Å². The number of nitro benzene ring substituents is 2. The largest absolute Gasteiger partial charge is 0.326 e. The van der Waals surface area contributed by atoms with E-state index < -0.39 is 27.1 Å². The van der Waals surface area contributed by atoms with E-state index >= 15 is 0 Å². The summed E-state index contributed by atoms with van der Waals surface area (Å²) in [6.07, 6.45) is -0.335. The maximum absolute atomic E-state index is 12.0. The summed E-state index contributed by atoms with van der Waals surface area (Å²) in [4.78, 5) is 32.3. The molecule has 0 aliphatic rings. The minimum Gasteiger partial charge on any atom is -0.326 e. The highest BCUT2D eigenvalue weighted by Crippen LogP contribution is 2.26. The van der Waals surface area contributed by atoms with Gasteiger partial charge in [-0.1, -0.05) is 23.2 Å². The summed E-state index contributed by atoms with van der Waals surface area (Å²) in [5.74, 6) is -0.551. The molecule has 0 spiro atoms. The number of carbonyl (C=O) groups excluding carboxylic acids is 1. The van der Waals surface area contributed by atoms with Gasteiger partial charge in [-0.25, -0.2) is 0 Å². The highest BCUT2D eigenvalue weighted by atomic mass is 35.5. The third-order valence-electron chi connectivity index (χ3n) is 2.97. The molecule has 0 atom stereocenters. The number of halogens is 2. The Morgan fingerprint density at radius 2 is 1.62 bits per heavy atom. The first-order valence-electron chi connectivity index (χ1n) is 6.44. The number of benzene rings is 2. The number of anilines is 1. The van der Waals surface area contributed by atoms with Crippen molar-refractivity contribution in [3.63, 3.8) is 0 Å². The molecule has 1 N–H and O–H groups in total. The summed E-state index contributed by atoms with van der Waals surface area (Å²) in [6.45, 7) is 0. The minimum absolute atomic E-state index is 0.0521. The number of hydrogen-bond donors (Lipinski definition) is 1. The summed E-state index contributed by atoms with van der Waals surface area (Å²) in [5.41, 5.74) is -0.533. The fourth-order valence-electron chi connectivity index (χ4n) is 1.99. The molecule has 24 heavy (non-hydrogen) atoms. The van der Waals surface area contributed by atoms with Crippen molar-refractivity contribution in [3.8, 4) is 0 Å². The fraction of sp³-hybridized carbons (Fsp3) is 0.0714. The number of amides is 1. The van der Waals surface area contributed by atoms with Crippen LogP contribution >= 0.6 is 23.2 Å². The Balaban J connectivity index is 2.22. The molecular formula is C14H9Cl2N3O5. The van der Waals surface area contributed by atoms with Crippen LogP contribution < -0.4 is 5.32 Å². The summed E-state index contributed by atoms with van der Waals surface area (Å²) >= 11 is 11.6. The first-order valence-corrected chi connectivity index (χ1v) is 7.19. The van der Waals surface area contributed by atoms with Crippen LogP contribution in [-0.4, -0.2) is 15.8 Å². The predicted molar refractivity (Wildman–Crippen MR) is 88.5 cm³/mol. The second-order valence-corrected chi connectivity index (χ2v) is 5.58. The van der Waals surface area contributed by atoms with Gasteiger partial charge in [0, 0.05) is 27.4 Å². The lowest BCUT2D eigenvalue weighted by Gasteiger charge is -2.07. The van der Waals surface area contributed by atoms with E-state index in [0.717, 1.165) is 12.1 Å². The van der Waals surface area contributed by atoms with Crippen molar-refractivity contribution in [2.45, 2.75) is 6.42 Å².